The van der Waals surface area contributed by atoms with Crippen LogP contribution in [0, 0.1) is 0 Å². The molecule has 34 heavy (non-hydrogen) atoms. The zero-order chi connectivity index (χ0) is 23.3. The van der Waals surface area contributed by atoms with Gasteiger partial charge in [0.05, 0.1) is 11.9 Å². The van der Waals surface area contributed by atoms with E-state index in [1.807, 2.05) is 47.4 Å². The molecule has 0 spiro atoms. The molecule has 1 amide bonds. The Morgan fingerprint density at radius 2 is 1.85 bits per heavy atom. The second kappa shape index (κ2) is 10.2. The summed E-state index contributed by atoms with van der Waals surface area (Å²) in [5.74, 6) is 2.25. The van der Waals surface area contributed by atoms with Crippen LogP contribution in [0.25, 0.3) is 0 Å². The molecule has 2 fully saturated rings. The molecule has 8 heteroatoms. The Bertz CT molecular complexity index is 1120. The minimum Gasteiger partial charge on any atom is -0.437 e. The topological polar surface area (TPSA) is 74.7 Å². The quantitative estimate of drug-likeness (QED) is 0.580. The van der Waals surface area contributed by atoms with Gasteiger partial charge in [-0.3, -0.25) is 9.78 Å². The van der Waals surface area contributed by atoms with Crippen molar-refractivity contribution < 1.29 is 9.53 Å². The van der Waals surface area contributed by atoms with E-state index in [9.17, 15) is 4.79 Å². The SMILES string of the molecule is CN1CCN(c2cc(C(=O)N3CCC[C@H](c4cncc(Oc5ccccc5)n4)C3)ccn2)CC1. The van der Waals surface area contributed by atoms with Crippen LogP contribution in [0.5, 0.6) is 11.6 Å². The molecular formula is C26H30N6O2. The number of benzene rings is 1. The highest BCUT2D eigenvalue weighted by Crippen LogP contribution is 2.28. The normalized spacial score (nSPS) is 19.1. The average molecular weight is 459 g/mol. The molecule has 0 saturated carbocycles. The van der Waals surface area contributed by atoms with Crippen LogP contribution in [0.15, 0.2) is 61.1 Å². The number of carbonyl (C=O) groups excluding carboxylic acids is 1. The van der Waals surface area contributed by atoms with E-state index in [2.05, 4.69) is 26.8 Å². The maximum Gasteiger partial charge on any atom is 0.254 e. The van der Waals surface area contributed by atoms with Crippen LogP contribution in [0.4, 0.5) is 5.82 Å². The van der Waals surface area contributed by atoms with E-state index in [0.717, 1.165) is 62.8 Å². The first-order valence-corrected chi connectivity index (χ1v) is 11.9. The van der Waals surface area contributed by atoms with Crippen molar-refractivity contribution in [3.63, 3.8) is 0 Å². The zero-order valence-electron chi connectivity index (χ0n) is 19.5. The van der Waals surface area contributed by atoms with E-state index in [-0.39, 0.29) is 11.8 Å². The van der Waals surface area contributed by atoms with Crippen molar-refractivity contribution in [3.05, 3.63) is 72.3 Å². The highest BCUT2D eigenvalue weighted by atomic mass is 16.5. The Morgan fingerprint density at radius 1 is 1.03 bits per heavy atom. The fourth-order valence-electron chi connectivity index (χ4n) is 4.56. The summed E-state index contributed by atoms with van der Waals surface area (Å²) in [7, 11) is 2.13. The number of piperidine rings is 1. The van der Waals surface area contributed by atoms with Gasteiger partial charge in [-0.1, -0.05) is 18.2 Å². The van der Waals surface area contributed by atoms with Gasteiger partial charge in [-0.15, -0.1) is 0 Å². The van der Waals surface area contributed by atoms with E-state index in [1.54, 1.807) is 18.6 Å². The predicted molar refractivity (Wildman–Crippen MR) is 130 cm³/mol. The smallest absolute Gasteiger partial charge is 0.254 e. The highest BCUT2D eigenvalue weighted by Gasteiger charge is 2.27. The summed E-state index contributed by atoms with van der Waals surface area (Å²) in [6.45, 7) is 5.22. The molecule has 0 bridgehead atoms. The third-order valence-electron chi connectivity index (χ3n) is 6.54. The molecule has 2 aliphatic heterocycles. The van der Waals surface area contributed by atoms with Crippen LogP contribution in [0.1, 0.15) is 34.8 Å². The van der Waals surface area contributed by atoms with Crippen molar-refractivity contribution in [2.24, 2.45) is 0 Å². The van der Waals surface area contributed by atoms with Gasteiger partial charge >= 0.3 is 0 Å². The number of rotatable bonds is 5. The Balaban J connectivity index is 1.27. The molecule has 3 aromatic rings. The lowest BCUT2D eigenvalue weighted by Gasteiger charge is -2.34. The maximum atomic E-state index is 13.4. The van der Waals surface area contributed by atoms with Gasteiger partial charge < -0.3 is 19.4 Å². The number of likely N-dealkylation sites (N-methyl/N-ethyl adjacent to an activating group) is 1. The molecule has 1 aromatic carbocycles. The summed E-state index contributed by atoms with van der Waals surface area (Å²) in [5.41, 5.74) is 1.55. The maximum absolute atomic E-state index is 13.4. The number of ether oxygens (including phenoxy) is 1. The number of piperazine rings is 1. The van der Waals surface area contributed by atoms with Crippen LogP contribution >= 0.6 is 0 Å². The summed E-state index contributed by atoms with van der Waals surface area (Å²) in [4.78, 5) is 33.4. The van der Waals surface area contributed by atoms with E-state index in [0.29, 0.717) is 18.0 Å². The van der Waals surface area contributed by atoms with Gasteiger partial charge in [-0.2, -0.15) is 0 Å². The number of aromatic nitrogens is 3. The number of amides is 1. The van der Waals surface area contributed by atoms with E-state index >= 15 is 0 Å². The molecule has 2 saturated heterocycles. The minimum atomic E-state index is 0.0483. The lowest BCUT2D eigenvalue weighted by atomic mass is 9.94. The van der Waals surface area contributed by atoms with Gasteiger partial charge in [0.25, 0.3) is 5.91 Å². The molecule has 8 nitrogen and oxygen atoms in total. The Hall–Kier alpha value is -3.52. The van der Waals surface area contributed by atoms with Gasteiger partial charge in [0, 0.05) is 63.1 Å². The first-order chi connectivity index (χ1) is 16.7. The van der Waals surface area contributed by atoms with Crippen LogP contribution < -0.4 is 9.64 Å². The number of hydrogen-bond donors (Lipinski definition) is 0. The Morgan fingerprint density at radius 3 is 2.68 bits per heavy atom. The van der Waals surface area contributed by atoms with Crippen LogP contribution in [-0.2, 0) is 0 Å². The fraction of sp³-hybridized carbons (Fsp3) is 0.385. The molecular weight excluding hydrogens is 428 g/mol. The van der Waals surface area contributed by atoms with Crippen LogP contribution in [0.2, 0.25) is 0 Å². The summed E-state index contributed by atoms with van der Waals surface area (Å²) in [6, 6.07) is 13.3. The molecule has 4 heterocycles. The largest absolute Gasteiger partial charge is 0.437 e. The number of nitrogens with zero attached hydrogens (tertiary/aromatic N) is 6. The van der Waals surface area contributed by atoms with Crippen molar-refractivity contribution in [1.29, 1.82) is 0 Å². The van der Waals surface area contributed by atoms with Gasteiger partial charge in [0.1, 0.15) is 11.6 Å². The van der Waals surface area contributed by atoms with Crippen LogP contribution in [0.3, 0.4) is 0 Å². The number of likely N-dealkylation sites (tertiary alicyclic amines) is 1. The first-order valence-electron chi connectivity index (χ1n) is 11.9. The lowest BCUT2D eigenvalue weighted by Crippen LogP contribution is -2.45. The second-order valence-electron chi connectivity index (χ2n) is 8.98. The molecule has 0 aliphatic carbocycles. The van der Waals surface area contributed by atoms with Crippen molar-refractivity contribution in [2.75, 3.05) is 51.2 Å². The predicted octanol–water partition coefficient (Wildman–Crippen LogP) is 3.44. The molecule has 2 aliphatic rings. The van der Waals surface area contributed by atoms with Gasteiger partial charge in [0.15, 0.2) is 0 Å². The molecule has 0 radical (unpaired) electrons. The zero-order valence-corrected chi connectivity index (χ0v) is 19.5. The van der Waals surface area contributed by atoms with Gasteiger partial charge in [-0.25, -0.2) is 9.97 Å². The summed E-state index contributed by atoms with van der Waals surface area (Å²) in [6.07, 6.45) is 7.06. The Kier molecular flexibility index (Phi) is 6.67. The minimum absolute atomic E-state index is 0.0483. The molecule has 0 N–H and O–H groups in total. The van der Waals surface area contributed by atoms with Gasteiger partial charge in [-0.05, 0) is 44.2 Å². The van der Waals surface area contributed by atoms with Crippen molar-refractivity contribution in [2.45, 2.75) is 18.8 Å². The molecule has 2 aromatic heterocycles. The second-order valence-corrected chi connectivity index (χ2v) is 8.98. The van der Waals surface area contributed by atoms with Crippen LogP contribution in [-0.4, -0.2) is 77.0 Å². The number of anilines is 1. The van der Waals surface area contributed by atoms with Crippen molar-refractivity contribution in [3.8, 4) is 11.6 Å². The molecule has 5 rings (SSSR count). The van der Waals surface area contributed by atoms with E-state index < -0.39 is 0 Å². The number of pyridine rings is 1. The number of para-hydroxylation sites is 1. The highest BCUT2D eigenvalue weighted by molar-refractivity contribution is 5.95. The monoisotopic (exact) mass is 458 g/mol. The fourth-order valence-corrected chi connectivity index (χ4v) is 4.56. The van der Waals surface area contributed by atoms with E-state index in [1.165, 1.54) is 0 Å². The first kappa shape index (κ1) is 22.3. The number of hydrogen-bond acceptors (Lipinski definition) is 7. The third-order valence-corrected chi connectivity index (χ3v) is 6.54. The lowest BCUT2D eigenvalue weighted by molar-refractivity contribution is 0.0705. The van der Waals surface area contributed by atoms with Gasteiger partial charge in [0.2, 0.25) is 5.88 Å². The molecule has 176 valence electrons. The summed E-state index contributed by atoms with van der Waals surface area (Å²) in [5, 5.41) is 0. The van der Waals surface area contributed by atoms with Crippen molar-refractivity contribution >= 4 is 11.7 Å². The third kappa shape index (κ3) is 5.17. The number of carbonyl (C=O) groups is 1. The summed E-state index contributed by atoms with van der Waals surface area (Å²) < 4.78 is 5.86. The average Bonchev–Trinajstić information content (AvgIpc) is 2.90. The summed E-state index contributed by atoms with van der Waals surface area (Å²) >= 11 is 0. The Labute approximate surface area is 200 Å². The van der Waals surface area contributed by atoms with E-state index in [4.69, 9.17) is 9.72 Å². The molecule has 0 unspecified atom stereocenters. The standard InChI is InChI=1S/C26H30N6O2/c1-30-12-14-31(15-13-30)24-16-20(9-10-28-24)26(33)32-11-5-6-21(19-32)23-17-27-18-25(29-23)34-22-7-3-2-4-8-22/h2-4,7-10,16-18,21H,5-6,11-15,19H2,1H3/t21-/m0/s1. The molecule has 1 atom stereocenters. The van der Waals surface area contributed by atoms with Crippen molar-refractivity contribution in [1.82, 2.24) is 24.8 Å².